The monoisotopic (exact) mass is 497 g/mol. The molecule has 1 aromatic carbocycles. The number of nitrogens with one attached hydrogen (secondary N) is 1. The van der Waals surface area contributed by atoms with Crippen LogP contribution in [0.4, 0.5) is 17.3 Å². The Balaban J connectivity index is 1.08. The summed E-state index contributed by atoms with van der Waals surface area (Å²) in [5.74, 6) is 0.817. The van der Waals surface area contributed by atoms with Gasteiger partial charge in [0, 0.05) is 36.9 Å². The first-order valence-corrected chi connectivity index (χ1v) is 12.1. The zero-order chi connectivity index (χ0) is 25.4. The van der Waals surface area contributed by atoms with Gasteiger partial charge in [0.2, 0.25) is 17.5 Å². The maximum atomic E-state index is 13.0. The molecule has 6 rings (SSSR count). The maximum absolute atomic E-state index is 13.0. The molecular formula is C27H23N5O5. The van der Waals surface area contributed by atoms with Crippen LogP contribution >= 0.6 is 0 Å². The standard InChI is InChI=1S/C27H23N5O5/c28-15-21-27(37-25(30-21)23-2-1-12-36-23)31-9-5-17(6-10-31)24(33)29-20-3-4-22-18(14-20)7-11-32(22)26(34)19-8-13-35-16-19/h1-4,8,12-14,16-17H,5-7,9-11H2,(H,29,33). The van der Waals surface area contributed by atoms with Crippen molar-refractivity contribution < 1.29 is 22.8 Å². The molecule has 0 bridgehead atoms. The van der Waals surface area contributed by atoms with Gasteiger partial charge >= 0.3 is 0 Å². The second kappa shape index (κ2) is 9.35. The minimum Gasteiger partial charge on any atom is -0.472 e. The number of carbonyl (C=O) groups excluding carboxylic acids is 2. The molecule has 0 aliphatic carbocycles. The summed E-state index contributed by atoms with van der Waals surface area (Å²) in [6.07, 6.45) is 6.41. The van der Waals surface area contributed by atoms with Crippen molar-refractivity contribution in [2.24, 2.45) is 5.92 Å². The van der Waals surface area contributed by atoms with Crippen molar-refractivity contribution in [3.63, 3.8) is 0 Å². The highest BCUT2D eigenvalue weighted by atomic mass is 16.4. The summed E-state index contributed by atoms with van der Waals surface area (Å²) in [4.78, 5) is 33.7. The van der Waals surface area contributed by atoms with Crippen molar-refractivity contribution in [2.75, 3.05) is 34.8 Å². The molecule has 2 aliphatic rings. The highest BCUT2D eigenvalue weighted by Gasteiger charge is 2.30. The van der Waals surface area contributed by atoms with Gasteiger partial charge in [-0.2, -0.15) is 10.2 Å². The number of benzene rings is 1. The zero-order valence-electron chi connectivity index (χ0n) is 19.8. The molecule has 1 N–H and O–H groups in total. The Morgan fingerprint density at radius 1 is 1.11 bits per heavy atom. The molecule has 1 saturated heterocycles. The quantitative estimate of drug-likeness (QED) is 0.428. The van der Waals surface area contributed by atoms with Crippen LogP contribution in [-0.4, -0.2) is 36.4 Å². The van der Waals surface area contributed by atoms with Crippen molar-refractivity contribution in [2.45, 2.75) is 19.3 Å². The van der Waals surface area contributed by atoms with E-state index >= 15 is 0 Å². The third-order valence-electron chi connectivity index (χ3n) is 6.86. The van der Waals surface area contributed by atoms with Crippen LogP contribution in [-0.2, 0) is 11.2 Å². The maximum Gasteiger partial charge on any atom is 0.266 e. The first kappa shape index (κ1) is 22.7. The highest BCUT2D eigenvalue weighted by molar-refractivity contribution is 6.07. The lowest BCUT2D eigenvalue weighted by molar-refractivity contribution is -0.120. The van der Waals surface area contributed by atoms with E-state index in [9.17, 15) is 14.9 Å². The van der Waals surface area contributed by atoms with Crippen molar-refractivity contribution in [3.05, 3.63) is 72.0 Å². The number of nitriles is 1. The van der Waals surface area contributed by atoms with E-state index in [2.05, 4.69) is 16.4 Å². The number of aromatic nitrogens is 1. The number of piperidine rings is 1. The molecule has 2 aliphatic heterocycles. The van der Waals surface area contributed by atoms with Gasteiger partial charge in [-0.3, -0.25) is 9.59 Å². The van der Waals surface area contributed by atoms with E-state index in [1.807, 2.05) is 23.1 Å². The van der Waals surface area contributed by atoms with Crippen LogP contribution in [0.15, 0.2) is 68.4 Å². The van der Waals surface area contributed by atoms with E-state index in [1.165, 1.54) is 18.8 Å². The topological polar surface area (TPSA) is 129 Å². The molecule has 3 aromatic heterocycles. The number of nitrogens with zero attached hydrogens (tertiary/aromatic N) is 4. The fourth-order valence-corrected chi connectivity index (χ4v) is 4.93. The fraction of sp³-hybridized carbons (Fsp3) is 0.259. The molecule has 186 valence electrons. The first-order chi connectivity index (χ1) is 18.1. The van der Waals surface area contributed by atoms with Gasteiger partial charge in [-0.05, 0) is 61.2 Å². The number of oxazole rings is 1. The minimum absolute atomic E-state index is 0.0433. The number of rotatable bonds is 5. The molecule has 1 fully saturated rings. The first-order valence-electron chi connectivity index (χ1n) is 12.1. The number of carbonyl (C=O) groups is 2. The van der Waals surface area contributed by atoms with Crippen LogP contribution in [0.5, 0.6) is 0 Å². The van der Waals surface area contributed by atoms with Gasteiger partial charge in [-0.25, -0.2) is 0 Å². The largest absolute Gasteiger partial charge is 0.472 e. The summed E-state index contributed by atoms with van der Waals surface area (Å²) >= 11 is 0. The van der Waals surface area contributed by atoms with Crippen LogP contribution in [0.2, 0.25) is 0 Å². The fourth-order valence-electron chi connectivity index (χ4n) is 4.93. The summed E-state index contributed by atoms with van der Waals surface area (Å²) in [5.41, 5.74) is 3.31. The van der Waals surface area contributed by atoms with Crippen molar-refractivity contribution in [1.82, 2.24) is 4.98 Å². The van der Waals surface area contributed by atoms with E-state index in [4.69, 9.17) is 13.3 Å². The molecule has 0 spiro atoms. The summed E-state index contributed by atoms with van der Waals surface area (Å²) < 4.78 is 16.2. The van der Waals surface area contributed by atoms with E-state index in [0.29, 0.717) is 55.4 Å². The summed E-state index contributed by atoms with van der Waals surface area (Å²) in [5, 5.41) is 12.5. The van der Waals surface area contributed by atoms with E-state index in [1.54, 1.807) is 23.1 Å². The molecule has 2 amide bonds. The SMILES string of the molecule is N#Cc1nc(-c2ccco2)oc1N1CCC(C(=O)Nc2ccc3c(c2)CCN3C(=O)c2ccoc2)CC1. The molecule has 37 heavy (non-hydrogen) atoms. The summed E-state index contributed by atoms with van der Waals surface area (Å²) in [7, 11) is 0. The average Bonchev–Trinajstić information content (AvgIpc) is 3.74. The van der Waals surface area contributed by atoms with Gasteiger partial charge in [0.1, 0.15) is 12.3 Å². The number of fused-ring (bicyclic) bond motifs is 1. The number of furan rings is 2. The molecule has 10 heteroatoms. The van der Waals surface area contributed by atoms with Crippen LogP contribution in [0.3, 0.4) is 0 Å². The van der Waals surface area contributed by atoms with Crippen LogP contribution in [0.25, 0.3) is 11.7 Å². The van der Waals surface area contributed by atoms with Crippen LogP contribution in [0, 0.1) is 17.2 Å². The van der Waals surface area contributed by atoms with Crippen LogP contribution in [0.1, 0.15) is 34.5 Å². The number of amides is 2. The molecule has 0 unspecified atom stereocenters. The molecule has 0 atom stereocenters. The molecule has 0 saturated carbocycles. The van der Waals surface area contributed by atoms with Gasteiger partial charge in [0.05, 0.1) is 18.1 Å². The Bertz CT molecular complexity index is 1470. The molecule has 4 aromatic rings. The van der Waals surface area contributed by atoms with Crippen LogP contribution < -0.4 is 15.1 Å². The molecule has 0 radical (unpaired) electrons. The van der Waals surface area contributed by atoms with E-state index < -0.39 is 0 Å². The Kier molecular flexibility index (Phi) is 5.73. The zero-order valence-corrected chi connectivity index (χ0v) is 19.8. The van der Waals surface area contributed by atoms with Gasteiger partial charge in [-0.1, -0.05) is 0 Å². The van der Waals surface area contributed by atoms with Crippen molar-refractivity contribution in [3.8, 4) is 17.7 Å². The van der Waals surface area contributed by atoms with Gasteiger partial charge in [0.25, 0.3) is 11.8 Å². The van der Waals surface area contributed by atoms with Gasteiger partial charge < -0.3 is 28.4 Å². The Morgan fingerprint density at radius 2 is 1.97 bits per heavy atom. The average molecular weight is 498 g/mol. The lowest BCUT2D eigenvalue weighted by atomic mass is 9.95. The Hall–Kier alpha value is -4.78. The molecular weight excluding hydrogens is 474 g/mol. The third kappa shape index (κ3) is 4.25. The second-order valence-electron chi connectivity index (χ2n) is 9.07. The third-order valence-corrected chi connectivity index (χ3v) is 6.86. The van der Waals surface area contributed by atoms with Gasteiger partial charge in [0.15, 0.2) is 5.76 Å². The van der Waals surface area contributed by atoms with E-state index in [-0.39, 0.29) is 29.3 Å². The summed E-state index contributed by atoms with van der Waals surface area (Å²) in [6.45, 7) is 1.72. The minimum atomic E-state index is -0.165. The number of hydrogen-bond donors (Lipinski definition) is 1. The van der Waals surface area contributed by atoms with Crippen molar-refractivity contribution >= 4 is 29.1 Å². The number of anilines is 3. The second-order valence-corrected chi connectivity index (χ2v) is 9.07. The normalized spacial score (nSPS) is 15.4. The Labute approximate surface area is 212 Å². The Morgan fingerprint density at radius 3 is 2.70 bits per heavy atom. The van der Waals surface area contributed by atoms with Crippen molar-refractivity contribution in [1.29, 1.82) is 5.26 Å². The number of hydrogen-bond acceptors (Lipinski definition) is 8. The molecule has 5 heterocycles. The predicted molar refractivity (Wildman–Crippen MR) is 133 cm³/mol. The predicted octanol–water partition coefficient (Wildman–Crippen LogP) is 4.46. The highest BCUT2D eigenvalue weighted by Crippen LogP contribution is 2.34. The van der Waals surface area contributed by atoms with E-state index in [0.717, 1.165) is 17.7 Å². The lowest BCUT2D eigenvalue weighted by Gasteiger charge is -2.31. The van der Waals surface area contributed by atoms with Gasteiger partial charge in [-0.15, -0.1) is 0 Å². The summed E-state index contributed by atoms with van der Waals surface area (Å²) in [6, 6.07) is 12.8. The molecule has 10 nitrogen and oxygen atoms in total. The lowest BCUT2D eigenvalue weighted by Crippen LogP contribution is -2.38. The smallest absolute Gasteiger partial charge is 0.266 e.